The number of rotatable bonds is 6. The van der Waals surface area contributed by atoms with E-state index in [0.29, 0.717) is 16.9 Å². The van der Waals surface area contributed by atoms with E-state index in [1.165, 1.54) is 24.3 Å². The first-order valence-electron chi connectivity index (χ1n) is 8.98. The topological polar surface area (TPSA) is 75.3 Å². The second kappa shape index (κ2) is 8.27. The minimum absolute atomic E-state index is 0.102. The van der Waals surface area contributed by atoms with Crippen molar-refractivity contribution in [2.45, 2.75) is 25.2 Å². The SMILES string of the molecule is CCc1ccccc1NS(=O)(=O)c1ccc(C(=O)Nc2ccc(C)cc2)cc1. The van der Waals surface area contributed by atoms with E-state index in [-0.39, 0.29) is 10.8 Å². The van der Waals surface area contributed by atoms with Gasteiger partial charge in [0.15, 0.2) is 0 Å². The number of amides is 1. The normalized spacial score (nSPS) is 11.1. The first-order chi connectivity index (χ1) is 13.4. The number of sulfonamides is 1. The molecule has 3 aromatic rings. The van der Waals surface area contributed by atoms with Gasteiger partial charge in [-0.15, -0.1) is 0 Å². The zero-order chi connectivity index (χ0) is 20.1. The maximum absolute atomic E-state index is 12.7. The van der Waals surface area contributed by atoms with Crippen LogP contribution in [0.15, 0.2) is 77.7 Å². The molecular formula is C22H22N2O3S. The van der Waals surface area contributed by atoms with Crippen molar-refractivity contribution >= 4 is 27.3 Å². The van der Waals surface area contributed by atoms with Crippen molar-refractivity contribution in [3.8, 4) is 0 Å². The molecule has 0 unspecified atom stereocenters. The van der Waals surface area contributed by atoms with Gasteiger partial charge in [-0.1, -0.05) is 42.8 Å². The number of hydrogen-bond acceptors (Lipinski definition) is 3. The second-order valence-corrected chi connectivity index (χ2v) is 8.14. The Morgan fingerprint density at radius 1 is 0.893 bits per heavy atom. The molecule has 1 amide bonds. The van der Waals surface area contributed by atoms with Crippen LogP contribution >= 0.6 is 0 Å². The van der Waals surface area contributed by atoms with E-state index in [4.69, 9.17) is 0 Å². The molecule has 0 saturated carbocycles. The van der Waals surface area contributed by atoms with Gasteiger partial charge in [-0.2, -0.15) is 0 Å². The Morgan fingerprint density at radius 2 is 1.54 bits per heavy atom. The highest BCUT2D eigenvalue weighted by atomic mass is 32.2. The number of nitrogens with one attached hydrogen (secondary N) is 2. The van der Waals surface area contributed by atoms with Crippen molar-refractivity contribution in [3.63, 3.8) is 0 Å². The van der Waals surface area contributed by atoms with Crippen LogP contribution < -0.4 is 10.0 Å². The largest absolute Gasteiger partial charge is 0.322 e. The molecule has 0 saturated heterocycles. The molecule has 0 spiro atoms. The molecule has 5 nitrogen and oxygen atoms in total. The van der Waals surface area contributed by atoms with E-state index in [2.05, 4.69) is 10.0 Å². The molecule has 3 aromatic carbocycles. The van der Waals surface area contributed by atoms with Crippen LogP contribution in [0.25, 0.3) is 0 Å². The van der Waals surface area contributed by atoms with E-state index < -0.39 is 10.0 Å². The maximum Gasteiger partial charge on any atom is 0.261 e. The van der Waals surface area contributed by atoms with Gasteiger partial charge in [-0.05, 0) is 61.4 Å². The third-order valence-corrected chi connectivity index (χ3v) is 5.76. The molecule has 0 atom stereocenters. The van der Waals surface area contributed by atoms with Crippen LogP contribution in [-0.4, -0.2) is 14.3 Å². The molecule has 0 radical (unpaired) electrons. The molecule has 6 heteroatoms. The van der Waals surface area contributed by atoms with Gasteiger partial charge in [0.05, 0.1) is 10.6 Å². The molecular weight excluding hydrogens is 372 g/mol. The fourth-order valence-electron chi connectivity index (χ4n) is 2.76. The van der Waals surface area contributed by atoms with Crippen LogP contribution in [0.3, 0.4) is 0 Å². The highest BCUT2D eigenvalue weighted by Gasteiger charge is 2.16. The summed E-state index contributed by atoms with van der Waals surface area (Å²) in [5.74, 6) is -0.294. The predicted molar refractivity (Wildman–Crippen MR) is 112 cm³/mol. The fraction of sp³-hybridized carbons (Fsp3) is 0.136. The molecule has 0 aliphatic rings. The summed E-state index contributed by atoms with van der Waals surface area (Å²) in [6, 6.07) is 20.6. The summed E-state index contributed by atoms with van der Waals surface area (Å²) >= 11 is 0. The van der Waals surface area contributed by atoms with Crippen molar-refractivity contribution in [3.05, 3.63) is 89.5 Å². The Labute approximate surface area is 165 Å². The lowest BCUT2D eigenvalue weighted by molar-refractivity contribution is 0.102. The lowest BCUT2D eigenvalue weighted by Crippen LogP contribution is -2.15. The van der Waals surface area contributed by atoms with Crippen LogP contribution in [-0.2, 0) is 16.4 Å². The number of carbonyl (C=O) groups excluding carboxylic acids is 1. The molecule has 3 rings (SSSR count). The van der Waals surface area contributed by atoms with Crippen molar-refractivity contribution in [1.82, 2.24) is 0 Å². The number of hydrogen-bond donors (Lipinski definition) is 2. The van der Waals surface area contributed by atoms with Crippen LogP contribution in [0.4, 0.5) is 11.4 Å². The third-order valence-electron chi connectivity index (χ3n) is 4.38. The average molecular weight is 394 g/mol. The molecule has 0 heterocycles. The molecule has 28 heavy (non-hydrogen) atoms. The number of anilines is 2. The van der Waals surface area contributed by atoms with E-state index in [1.807, 2.05) is 50.2 Å². The zero-order valence-electron chi connectivity index (χ0n) is 15.8. The summed E-state index contributed by atoms with van der Waals surface area (Å²) in [6.45, 7) is 3.94. The van der Waals surface area contributed by atoms with Crippen LogP contribution in [0, 0.1) is 6.92 Å². The Bertz CT molecular complexity index is 1070. The minimum Gasteiger partial charge on any atom is -0.322 e. The quantitative estimate of drug-likeness (QED) is 0.641. The van der Waals surface area contributed by atoms with Gasteiger partial charge < -0.3 is 5.32 Å². The van der Waals surface area contributed by atoms with Crippen molar-refractivity contribution in [2.24, 2.45) is 0 Å². The van der Waals surface area contributed by atoms with Gasteiger partial charge in [0.1, 0.15) is 0 Å². The Hall–Kier alpha value is -3.12. The number of para-hydroxylation sites is 1. The van der Waals surface area contributed by atoms with Gasteiger partial charge in [0.2, 0.25) is 0 Å². The Balaban J connectivity index is 1.75. The third kappa shape index (κ3) is 4.58. The van der Waals surface area contributed by atoms with E-state index in [0.717, 1.165) is 17.5 Å². The number of benzene rings is 3. The summed E-state index contributed by atoms with van der Waals surface area (Å²) in [7, 11) is -3.73. The first-order valence-corrected chi connectivity index (χ1v) is 10.5. The first kappa shape index (κ1) is 19.6. The van der Waals surface area contributed by atoms with E-state index in [1.54, 1.807) is 12.1 Å². The molecule has 0 aliphatic heterocycles. The molecule has 0 aromatic heterocycles. The second-order valence-electron chi connectivity index (χ2n) is 6.46. The van der Waals surface area contributed by atoms with Crippen molar-refractivity contribution in [2.75, 3.05) is 10.0 Å². The zero-order valence-corrected chi connectivity index (χ0v) is 16.6. The number of aryl methyl sites for hydroxylation is 2. The van der Waals surface area contributed by atoms with Gasteiger partial charge in [0.25, 0.3) is 15.9 Å². The van der Waals surface area contributed by atoms with Gasteiger partial charge in [-0.3, -0.25) is 9.52 Å². The fourth-order valence-corrected chi connectivity index (χ4v) is 3.86. The highest BCUT2D eigenvalue weighted by Crippen LogP contribution is 2.21. The smallest absolute Gasteiger partial charge is 0.261 e. The van der Waals surface area contributed by atoms with Gasteiger partial charge in [-0.25, -0.2) is 8.42 Å². The summed E-state index contributed by atoms with van der Waals surface area (Å²) in [5, 5.41) is 2.79. The van der Waals surface area contributed by atoms with Gasteiger partial charge >= 0.3 is 0 Å². The van der Waals surface area contributed by atoms with E-state index >= 15 is 0 Å². The number of carbonyl (C=O) groups is 1. The van der Waals surface area contributed by atoms with Crippen LogP contribution in [0.2, 0.25) is 0 Å². The lowest BCUT2D eigenvalue weighted by atomic mass is 10.1. The van der Waals surface area contributed by atoms with Gasteiger partial charge in [0, 0.05) is 11.3 Å². The van der Waals surface area contributed by atoms with Crippen molar-refractivity contribution < 1.29 is 13.2 Å². The highest BCUT2D eigenvalue weighted by molar-refractivity contribution is 7.92. The van der Waals surface area contributed by atoms with Crippen molar-refractivity contribution in [1.29, 1.82) is 0 Å². The summed E-state index contributed by atoms with van der Waals surface area (Å²) < 4.78 is 27.9. The molecule has 0 aliphatic carbocycles. The van der Waals surface area contributed by atoms with Crippen LogP contribution in [0.1, 0.15) is 28.4 Å². The Morgan fingerprint density at radius 3 is 2.18 bits per heavy atom. The molecule has 144 valence electrons. The summed E-state index contributed by atoms with van der Waals surface area (Å²) in [4.78, 5) is 12.5. The predicted octanol–water partition coefficient (Wildman–Crippen LogP) is 4.61. The lowest BCUT2D eigenvalue weighted by Gasteiger charge is -2.12. The standard InChI is InChI=1S/C22H22N2O3S/c1-3-17-6-4-5-7-21(17)24-28(26,27)20-14-10-18(11-15-20)22(25)23-19-12-8-16(2)9-13-19/h4-15,24H,3H2,1-2H3,(H,23,25). The summed E-state index contributed by atoms with van der Waals surface area (Å²) in [5.41, 5.74) is 3.65. The molecule has 0 bridgehead atoms. The van der Waals surface area contributed by atoms with Crippen LogP contribution in [0.5, 0.6) is 0 Å². The Kier molecular flexibility index (Phi) is 5.80. The molecule has 0 fully saturated rings. The van der Waals surface area contributed by atoms with E-state index in [9.17, 15) is 13.2 Å². The monoisotopic (exact) mass is 394 g/mol. The summed E-state index contributed by atoms with van der Waals surface area (Å²) in [6.07, 6.45) is 0.719. The minimum atomic E-state index is -3.73. The average Bonchev–Trinajstić information content (AvgIpc) is 2.70. The molecule has 2 N–H and O–H groups in total. The maximum atomic E-state index is 12.7.